The third kappa shape index (κ3) is 2.62. The molecular formula is C11H14FNO3. The van der Waals surface area contributed by atoms with Crippen LogP contribution >= 0.6 is 0 Å². The van der Waals surface area contributed by atoms with Crippen LogP contribution in [0.2, 0.25) is 0 Å². The Morgan fingerprint density at radius 2 is 2.06 bits per heavy atom. The normalized spacial score (nSPS) is 10.3. The highest BCUT2D eigenvalue weighted by Crippen LogP contribution is 2.25. The fraction of sp³-hybridized carbons (Fsp3) is 0.364. The highest BCUT2D eigenvalue weighted by molar-refractivity contribution is 5.95. The van der Waals surface area contributed by atoms with Gasteiger partial charge in [-0.25, -0.2) is 9.18 Å². The van der Waals surface area contributed by atoms with Gasteiger partial charge in [0.25, 0.3) is 0 Å². The van der Waals surface area contributed by atoms with E-state index in [0.717, 1.165) is 6.07 Å². The number of carbonyl (C=O) groups excluding carboxylic acids is 1. The fourth-order valence-corrected chi connectivity index (χ4v) is 1.21. The minimum Gasteiger partial charge on any atom is -0.491 e. The summed E-state index contributed by atoms with van der Waals surface area (Å²) in [4.78, 5) is 11.3. The van der Waals surface area contributed by atoms with Gasteiger partial charge in [-0.1, -0.05) is 0 Å². The van der Waals surface area contributed by atoms with Crippen molar-refractivity contribution in [2.75, 3.05) is 12.8 Å². The summed E-state index contributed by atoms with van der Waals surface area (Å²) in [6.07, 6.45) is -0.117. The summed E-state index contributed by atoms with van der Waals surface area (Å²) in [5.41, 5.74) is 5.16. The van der Waals surface area contributed by atoms with E-state index in [-0.39, 0.29) is 23.1 Å². The van der Waals surface area contributed by atoms with Gasteiger partial charge in [-0.3, -0.25) is 0 Å². The second kappa shape index (κ2) is 4.83. The zero-order valence-corrected chi connectivity index (χ0v) is 9.41. The van der Waals surface area contributed by atoms with Gasteiger partial charge in [0.05, 0.1) is 24.5 Å². The van der Waals surface area contributed by atoms with Gasteiger partial charge in [-0.15, -0.1) is 0 Å². The molecular weight excluding hydrogens is 213 g/mol. The molecule has 0 spiro atoms. The van der Waals surface area contributed by atoms with Crippen LogP contribution in [0.3, 0.4) is 0 Å². The molecule has 0 aromatic heterocycles. The van der Waals surface area contributed by atoms with Crippen molar-refractivity contribution >= 4 is 11.7 Å². The molecule has 0 amide bonds. The number of halogens is 1. The quantitative estimate of drug-likeness (QED) is 0.633. The van der Waals surface area contributed by atoms with Crippen LogP contribution in [0, 0.1) is 5.82 Å². The minimum atomic E-state index is -0.696. The second-order valence-corrected chi connectivity index (χ2v) is 3.52. The van der Waals surface area contributed by atoms with Crippen LogP contribution in [0.1, 0.15) is 24.2 Å². The lowest BCUT2D eigenvalue weighted by atomic mass is 10.1. The molecule has 4 nitrogen and oxygen atoms in total. The van der Waals surface area contributed by atoms with Gasteiger partial charge in [0.15, 0.2) is 5.82 Å². The lowest BCUT2D eigenvalue weighted by Gasteiger charge is -2.12. The SMILES string of the molecule is COC(=O)c1cc(OC(C)C)cc(F)c1N. The number of nitrogen functional groups attached to an aromatic ring is 1. The van der Waals surface area contributed by atoms with Gasteiger partial charge < -0.3 is 15.2 Å². The van der Waals surface area contributed by atoms with Crippen LogP contribution in [0.4, 0.5) is 10.1 Å². The minimum absolute atomic E-state index is 0.0295. The van der Waals surface area contributed by atoms with Crippen LogP contribution < -0.4 is 10.5 Å². The molecule has 0 aliphatic heterocycles. The van der Waals surface area contributed by atoms with Gasteiger partial charge >= 0.3 is 5.97 Å². The third-order valence-corrected chi connectivity index (χ3v) is 1.88. The van der Waals surface area contributed by atoms with Crippen LogP contribution in [-0.4, -0.2) is 19.2 Å². The zero-order valence-electron chi connectivity index (χ0n) is 9.41. The highest BCUT2D eigenvalue weighted by atomic mass is 19.1. The van der Waals surface area contributed by atoms with Gasteiger partial charge in [0, 0.05) is 6.07 Å². The number of rotatable bonds is 3. The topological polar surface area (TPSA) is 61.5 Å². The standard InChI is InChI=1S/C11H14FNO3/c1-6(2)16-7-4-8(11(14)15-3)10(13)9(12)5-7/h4-6H,13H2,1-3H3. The average Bonchev–Trinajstić information content (AvgIpc) is 2.21. The van der Waals surface area contributed by atoms with E-state index in [9.17, 15) is 9.18 Å². The van der Waals surface area contributed by atoms with E-state index in [4.69, 9.17) is 10.5 Å². The largest absolute Gasteiger partial charge is 0.491 e. The van der Waals surface area contributed by atoms with E-state index in [0.29, 0.717) is 0 Å². The molecule has 2 N–H and O–H groups in total. The Bertz CT molecular complexity index is 404. The Morgan fingerprint density at radius 3 is 2.56 bits per heavy atom. The molecule has 0 atom stereocenters. The van der Waals surface area contributed by atoms with Gasteiger partial charge in [-0.05, 0) is 19.9 Å². The van der Waals surface area contributed by atoms with Crippen molar-refractivity contribution in [1.82, 2.24) is 0 Å². The Labute approximate surface area is 93.2 Å². The maximum atomic E-state index is 13.4. The first-order valence-electron chi connectivity index (χ1n) is 4.79. The highest BCUT2D eigenvalue weighted by Gasteiger charge is 2.16. The Hall–Kier alpha value is -1.78. The third-order valence-electron chi connectivity index (χ3n) is 1.88. The van der Waals surface area contributed by atoms with Crippen molar-refractivity contribution in [1.29, 1.82) is 0 Å². The summed E-state index contributed by atoms with van der Waals surface area (Å²) in [6.45, 7) is 3.60. The molecule has 1 aromatic rings. The first-order valence-corrected chi connectivity index (χ1v) is 4.79. The van der Waals surface area contributed by atoms with Crippen LogP contribution in [-0.2, 0) is 4.74 Å². The van der Waals surface area contributed by atoms with E-state index in [1.807, 2.05) is 0 Å². The van der Waals surface area contributed by atoms with Crippen LogP contribution in [0.25, 0.3) is 0 Å². The number of ether oxygens (including phenoxy) is 2. The van der Waals surface area contributed by atoms with E-state index in [1.165, 1.54) is 13.2 Å². The Morgan fingerprint density at radius 1 is 1.44 bits per heavy atom. The maximum Gasteiger partial charge on any atom is 0.340 e. The van der Waals surface area contributed by atoms with Gasteiger partial charge in [0.2, 0.25) is 0 Å². The maximum absolute atomic E-state index is 13.4. The molecule has 1 rings (SSSR count). The zero-order chi connectivity index (χ0) is 12.3. The van der Waals surface area contributed by atoms with Crippen molar-refractivity contribution in [2.24, 2.45) is 0 Å². The van der Waals surface area contributed by atoms with Crippen molar-refractivity contribution in [2.45, 2.75) is 20.0 Å². The lowest BCUT2D eigenvalue weighted by molar-refractivity contribution is 0.0600. The molecule has 0 heterocycles. The second-order valence-electron chi connectivity index (χ2n) is 3.52. The number of methoxy groups -OCH3 is 1. The number of carbonyl (C=O) groups is 1. The summed E-state index contributed by atoms with van der Waals surface area (Å²) in [6, 6.07) is 2.51. The number of nitrogens with two attached hydrogens (primary N) is 1. The van der Waals surface area contributed by atoms with Gasteiger partial charge in [-0.2, -0.15) is 0 Å². The van der Waals surface area contributed by atoms with Crippen LogP contribution in [0.15, 0.2) is 12.1 Å². The molecule has 88 valence electrons. The molecule has 5 heteroatoms. The molecule has 1 aromatic carbocycles. The van der Waals surface area contributed by atoms with E-state index >= 15 is 0 Å². The summed E-state index contributed by atoms with van der Waals surface area (Å²) in [5.74, 6) is -1.13. The van der Waals surface area contributed by atoms with Crippen molar-refractivity contribution < 1.29 is 18.7 Å². The smallest absolute Gasteiger partial charge is 0.340 e. The molecule has 0 unspecified atom stereocenters. The van der Waals surface area contributed by atoms with Crippen molar-refractivity contribution in [3.63, 3.8) is 0 Å². The monoisotopic (exact) mass is 227 g/mol. The fourth-order valence-electron chi connectivity index (χ4n) is 1.21. The van der Waals surface area contributed by atoms with Crippen molar-refractivity contribution in [3.05, 3.63) is 23.5 Å². The summed E-state index contributed by atoms with van der Waals surface area (Å²) < 4.78 is 23.1. The molecule has 0 aliphatic carbocycles. The predicted octanol–water partition coefficient (Wildman–Crippen LogP) is 1.98. The average molecular weight is 227 g/mol. The molecule has 0 aliphatic rings. The molecule has 0 saturated heterocycles. The number of esters is 1. The molecule has 16 heavy (non-hydrogen) atoms. The van der Waals surface area contributed by atoms with E-state index in [1.54, 1.807) is 13.8 Å². The summed E-state index contributed by atoms with van der Waals surface area (Å²) in [5, 5.41) is 0. The number of anilines is 1. The molecule has 0 fully saturated rings. The van der Waals surface area contributed by atoms with E-state index < -0.39 is 11.8 Å². The first kappa shape index (κ1) is 12.3. The van der Waals surface area contributed by atoms with Crippen LogP contribution in [0.5, 0.6) is 5.75 Å². The lowest BCUT2D eigenvalue weighted by Crippen LogP contribution is -2.10. The van der Waals surface area contributed by atoms with Gasteiger partial charge in [0.1, 0.15) is 5.75 Å². The number of hydrogen-bond donors (Lipinski definition) is 1. The first-order chi connectivity index (χ1) is 7.45. The molecule has 0 radical (unpaired) electrons. The Balaban J connectivity index is 3.16. The molecule has 0 bridgehead atoms. The summed E-state index contributed by atoms with van der Waals surface area (Å²) in [7, 11) is 1.20. The summed E-state index contributed by atoms with van der Waals surface area (Å²) >= 11 is 0. The van der Waals surface area contributed by atoms with Crippen molar-refractivity contribution in [3.8, 4) is 5.75 Å². The number of benzene rings is 1. The van der Waals surface area contributed by atoms with E-state index in [2.05, 4.69) is 4.74 Å². The Kier molecular flexibility index (Phi) is 3.71. The number of hydrogen-bond acceptors (Lipinski definition) is 4. The molecule has 0 saturated carbocycles. The predicted molar refractivity (Wildman–Crippen MR) is 57.9 cm³/mol.